The van der Waals surface area contributed by atoms with Crippen molar-refractivity contribution in [3.63, 3.8) is 0 Å². The van der Waals surface area contributed by atoms with Gasteiger partial charge in [-0.05, 0) is 43.2 Å². The number of halogens is 1. The van der Waals surface area contributed by atoms with Crippen LogP contribution in [0.15, 0.2) is 54.6 Å². The van der Waals surface area contributed by atoms with Crippen molar-refractivity contribution in [1.29, 1.82) is 0 Å². The lowest BCUT2D eigenvalue weighted by Crippen LogP contribution is -2.55. The molecule has 2 unspecified atom stereocenters. The van der Waals surface area contributed by atoms with Crippen molar-refractivity contribution in [2.24, 2.45) is 5.92 Å². The van der Waals surface area contributed by atoms with Gasteiger partial charge in [-0.3, -0.25) is 9.69 Å². The third-order valence-corrected chi connectivity index (χ3v) is 5.18. The molecule has 0 bridgehead atoms. The van der Waals surface area contributed by atoms with Crippen LogP contribution in [0.4, 0.5) is 16.2 Å². The minimum absolute atomic E-state index is 0.00588. The highest BCUT2D eigenvalue weighted by molar-refractivity contribution is 6.31. The van der Waals surface area contributed by atoms with Crippen LogP contribution >= 0.6 is 11.6 Å². The molecule has 29 heavy (non-hydrogen) atoms. The lowest BCUT2D eigenvalue weighted by molar-refractivity contribution is -0.151. The highest BCUT2D eigenvalue weighted by Crippen LogP contribution is 2.32. The largest absolute Gasteiger partial charge is 0.481 e. The number of hydrogen-bond donors (Lipinski definition) is 1. The van der Waals surface area contributed by atoms with Crippen LogP contribution < -0.4 is 4.90 Å². The summed E-state index contributed by atoms with van der Waals surface area (Å²) in [5.41, 5.74) is 1.14. The number of methoxy groups -OCH3 is 1. The summed E-state index contributed by atoms with van der Waals surface area (Å²) in [7, 11) is 1.22. The summed E-state index contributed by atoms with van der Waals surface area (Å²) in [5, 5.41) is 9.81. The predicted octanol–water partition coefficient (Wildman–Crippen LogP) is 3.94. The zero-order chi connectivity index (χ0) is 21.0. The molecule has 1 aliphatic heterocycles. The number of benzene rings is 2. The summed E-state index contributed by atoms with van der Waals surface area (Å²) in [6.45, 7) is 0.124. The second-order valence-corrected chi connectivity index (χ2v) is 7.16. The number of para-hydroxylation sites is 1. The van der Waals surface area contributed by atoms with Crippen molar-refractivity contribution >= 4 is 40.9 Å². The number of esters is 1. The molecule has 8 heteroatoms. The molecule has 7 nitrogen and oxygen atoms in total. The van der Waals surface area contributed by atoms with Crippen LogP contribution in [0.1, 0.15) is 12.8 Å². The van der Waals surface area contributed by atoms with Crippen molar-refractivity contribution in [3.05, 3.63) is 59.6 Å². The maximum Gasteiger partial charge on any atom is 0.329 e. The zero-order valence-corrected chi connectivity index (χ0v) is 16.6. The van der Waals surface area contributed by atoms with Gasteiger partial charge in [-0.25, -0.2) is 9.59 Å². The number of rotatable bonds is 4. The minimum Gasteiger partial charge on any atom is -0.481 e. The van der Waals surface area contributed by atoms with Crippen molar-refractivity contribution in [3.8, 4) is 0 Å². The van der Waals surface area contributed by atoms with Crippen LogP contribution in [0.3, 0.4) is 0 Å². The number of piperidine rings is 1. The van der Waals surface area contributed by atoms with Crippen LogP contribution in [-0.4, -0.2) is 47.7 Å². The Hall–Kier alpha value is -3.06. The molecule has 3 rings (SSSR count). The van der Waals surface area contributed by atoms with Gasteiger partial charge in [0.15, 0.2) is 0 Å². The normalized spacial score (nSPS) is 18.8. The molecular formula is C21H21ClN2O5. The number of amides is 2. The quantitative estimate of drug-likeness (QED) is 0.763. The number of nitrogens with zero attached hydrogens (tertiary/aromatic N) is 2. The average molecular weight is 417 g/mol. The number of hydrogen-bond acceptors (Lipinski definition) is 4. The maximum absolute atomic E-state index is 13.6. The average Bonchev–Trinajstić information content (AvgIpc) is 2.73. The van der Waals surface area contributed by atoms with E-state index in [0.717, 1.165) is 0 Å². The Balaban J connectivity index is 2.00. The molecule has 0 spiro atoms. The third-order valence-electron chi connectivity index (χ3n) is 4.94. The van der Waals surface area contributed by atoms with Gasteiger partial charge >= 0.3 is 18.0 Å². The number of carbonyl (C=O) groups is 3. The van der Waals surface area contributed by atoms with Gasteiger partial charge in [0.2, 0.25) is 0 Å². The van der Waals surface area contributed by atoms with E-state index in [9.17, 15) is 19.5 Å². The topological polar surface area (TPSA) is 87.1 Å². The number of aliphatic carboxylic acids is 1. The molecule has 0 saturated carbocycles. The van der Waals surface area contributed by atoms with E-state index in [1.165, 1.54) is 16.9 Å². The van der Waals surface area contributed by atoms with Gasteiger partial charge in [0.1, 0.15) is 6.04 Å². The molecule has 152 valence electrons. The first kappa shape index (κ1) is 20.7. The smallest absolute Gasteiger partial charge is 0.329 e. The Morgan fingerprint density at radius 3 is 2.41 bits per heavy atom. The summed E-state index contributed by atoms with van der Waals surface area (Å²) >= 11 is 6.13. The van der Waals surface area contributed by atoms with Gasteiger partial charge in [-0.1, -0.05) is 35.9 Å². The van der Waals surface area contributed by atoms with E-state index >= 15 is 0 Å². The minimum atomic E-state index is -0.985. The van der Waals surface area contributed by atoms with Crippen LogP contribution in [0, 0.1) is 5.92 Å². The fraction of sp³-hybridized carbons (Fsp3) is 0.286. The van der Waals surface area contributed by atoms with E-state index in [1.54, 1.807) is 48.5 Å². The molecular weight excluding hydrogens is 396 g/mol. The van der Waals surface area contributed by atoms with Crippen molar-refractivity contribution in [2.45, 2.75) is 18.9 Å². The maximum atomic E-state index is 13.6. The highest BCUT2D eigenvalue weighted by Gasteiger charge is 2.41. The second kappa shape index (κ2) is 8.96. The second-order valence-electron chi connectivity index (χ2n) is 6.73. The molecule has 2 aromatic carbocycles. The van der Waals surface area contributed by atoms with Crippen molar-refractivity contribution in [2.75, 3.05) is 18.6 Å². The number of carboxylic acids is 1. The number of urea groups is 1. The van der Waals surface area contributed by atoms with E-state index < -0.39 is 29.9 Å². The van der Waals surface area contributed by atoms with Gasteiger partial charge in [-0.2, -0.15) is 0 Å². The van der Waals surface area contributed by atoms with Crippen LogP contribution in [0.2, 0.25) is 5.02 Å². The number of anilines is 2. The Bertz CT molecular complexity index is 905. The Kier molecular flexibility index (Phi) is 6.39. The van der Waals surface area contributed by atoms with Gasteiger partial charge in [-0.15, -0.1) is 0 Å². The Morgan fingerprint density at radius 2 is 1.79 bits per heavy atom. The fourth-order valence-electron chi connectivity index (χ4n) is 3.47. The standard InChI is InChI=1S/C21H21ClN2O5/c1-29-20(27)18-12-14(19(25)26)10-11-23(18)21(28)24(16-7-3-2-4-8-16)17-9-5-6-15(22)13-17/h2-9,13-14,18H,10-12H2,1H3,(H,25,26). The molecule has 1 fully saturated rings. The van der Waals surface area contributed by atoms with Crippen molar-refractivity contribution < 1.29 is 24.2 Å². The first-order valence-corrected chi connectivity index (χ1v) is 9.52. The number of likely N-dealkylation sites (tertiary alicyclic amines) is 1. The molecule has 0 radical (unpaired) electrons. The molecule has 2 amide bonds. The van der Waals surface area contributed by atoms with Gasteiger partial charge < -0.3 is 14.7 Å². The molecule has 2 aromatic rings. The first-order valence-electron chi connectivity index (χ1n) is 9.14. The van der Waals surface area contributed by atoms with Gasteiger partial charge in [0, 0.05) is 11.6 Å². The fourth-order valence-corrected chi connectivity index (χ4v) is 3.65. The van der Waals surface area contributed by atoms with Crippen LogP contribution in [0.5, 0.6) is 0 Å². The highest BCUT2D eigenvalue weighted by atomic mass is 35.5. The van der Waals surface area contributed by atoms with E-state index in [0.29, 0.717) is 16.4 Å². The van der Waals surface area contributed by atoms with Gasteiger partial charge in [0.25, 0.3) is 0 Å². The zero-order valence-electron chi connectivity index (χ0n) is 15.8. The van der Waals surface area contributed by atoms with Crippen molar-refractivity contribution in [1.82, 2.24) is 4.90 Å². The summed E-state index contributed by atoms with van der Waals surface area (Å²) < 4.78 is 4.84. The first-order chi connectivity index (χ1) is 13.9. The molecule has 2 atom stereocenters. The number of ether oxygens (including phenoxy) is 1. The van der Waals surface area contributed by atoms with Crippen LogP contribution in [-0.2, 0) is 14.3 Å². The molecule has 0 aromatic heterocycles. The molecule has 1 N–H and O–H groups in total. The van der Waals surface area contributed by atoms with E-state index in [4.69, 9.17) is 16.3 Å². The number of carboxylic acid groups (broad SMARTS) is 1. The molecule has 1 heterocycles. The monoisotopic (exact) mass is 416 g/mol. The summed E-state index contributed by atoms with van der Waals surface area (Å²) in [6.07, 6.45) is 0.263. The SMILES string of the molecule is COC(=O)C1CC(C(=O)O)CCN1C(=O)N(c1ccccc1)c1cccc(Cl)c1. The van der Waals surface area contributed by atoms with E-state index in [-0.39, 0.29) is 19.4 Å². The predicted molar refractivity (Wildman–Crippen MR) is 108 cm³/mol. The van der Waals surface area contributed by atoms with Crippen LogP contribution in [0.25, 0.3) is 0 Å². The van der Waals surface area contributed by atoms with E-state index in [2.05, 4.69) is 0 Å². The molecule has 1 aliphatic rings. The molecule has 0 aliphatic carbocycles. The van der Waals surface area contributed by atoms with E-state index in [1.807, 2.05) is 6.07 Å². The number of carbonyl (C=O) groups excluding carboxylic acids is 2. The summed E-state index contributed by atoms with van der Waals surface area (Å²) in [6, 6.07) is 14.4. The Morgan fingerprint density at radius 1 is 1.10 bits per heavy atom. The lowest BCUT2D eigenvalue weighted by Gasteiger charge is -2.39. The Labute approximate surface area is 173 Å². The third kappa shape index (κ3) is 4.51. The van der Waals surface area contributed by atoms with Gasteiger partial charge in [0.05, 0.1) is 24.4 Å². The summed E-state index contributed by atoms with van der Waals surface area (Å²) in [5.74, 6) is -2.33. The summed E-state index contributed by atoms with van der Waals surface area (Å²) in [4.78, 5) is 40.2. The lowest BCUT2D eigenvalue weighted by atomic mass is 9.91. The molecule has 1 saturated heterocycles.